The number of hydrogen-bond donors (Lipinski definition) is 2. The minimum Gasteiger partial charge on any atom is -0.465 e. The Labute approximate surface area is 148 Å². The van der Waals surface area contributed by atoms with Crippen LogP contribution in [-0.2, 0) is 11.2 Å². The number of nitrogens with zero attached hydrogens (tertiary/aromatic N) is 1. The van der Waals surface area contributed by atoms with Crippen molar-refractivity contribution in [2.75, 3.05) is 13.1 Å². The number of carbonyl (C=O) groups excluding carboxylic acids is 1. The van der Waals surface area contributed by atoms with Crippen molar-refractivity contribution in [2.24, 2.45) is 5.41 Å². The zero-order chi connectivity index (χ0) is 18.2. The van der Waals surface area contributed by atoms with E-state index in [1.54, 1.807) is 0 Å². The minimum absolute atomic E-state index is 0.144. The Morgan fingerprint density at radius 2 is 1.88 bits per heavy atom. The van der Waals surface area contributed by atoms with Crippen LogP contribution in [0.4, 0.5) is 9.59 Å². The van der Waals surface area contributed by atoms with Crippen LogP contribution in [0.15, 0.2) is 24.3 Å². The average Bonchev–Trinajstić information content (AvgIpc) is 2.79. The lowest BCUT2D eigenvalue weighted by Crippen LogP contribution is -2.48. The van der Waals surface area contributed by atoms with Gasteiger partial charge in [0.25, 0.3) is 0 Å². The maximum Gasteiger partial charge on any atom is 0.408 e. The molecular weight excluding hydrogens is 320 g/mol. The van der Waals surface area contributed by atoms with Gasteiger partial charge in [-0.2, -0.15) is 0 Å². The lowest BCUT2D eigenvalue weighted by molar-refractivity contribution is 0.0350. The Morgan fingerprint density at radius 1 is 1.24 bits per heavy atom. The third-order valence-corrected chi connectivity index (χ3v) is 5.21. The topological polar surface area (TPSA) is 78.9 Å². The van der Waals surface area contributed by atoms with Gasteiger partial charge in [0.15, 0.2) is 0 Å². The zero-order valence-corrected chi connectivity index (χ0v) is 15.0. The number of hydrogen-bond acceptors (Lipinski definition) is 3. The van der Waals surface area contributed by atoms with E-state index in [1.807, 2.05) is 32.9 Å². The largest absolute Gasteiger partial charge is 0.465 e. The smallest absolute Gasteiger partial charge is 0.408 e. The fraction of sp³-hybridized carbons (Fsp3) is 0.579. The predicted octanol–water partition coefficient (Wildman–Crippen LogP) is 3.57. The molecule has 0 bridgehead atoms. The summed E-state index contributed by atoms with van der Waals surface area (Å²) >= 11 is 0. The number of ether oxygens (including phenoxy) is 1. The highest BCUT2D eigenvalue weighted by molar-refractivity contribution is 5.69. The van der Waals surface area contributed by atoms with Crippen molar-refractivity contribution in [3.63, 3.8) is 0 Å². The maximum absolute atomic E-state index is 12.4. The SMILES string of the molecule is CC(C)(C)OC(=O)N[C@@H]1c2ccccc2CC12CCN(C(=O)O)CC2. The Morgan fingerprint density at radius 3 is 2.48 bits per heavy atom. The molecule has 0 aromatic heterocycles. The van der Waals surface area contributed by atoms with Gasteiger partial charge < -0.3 is 20.1 Å². The van der Waals surface area contributed by atoms with Crippen LogP contribution in [0.25, 0.3) is 0 Å². The van der Waals surface area contributed by atoms with Crippen molar-refractivity contribution in [1.82, 2.24) is 10.2 Å². The van der Waals surface area contributed by atoms with E-state index < -0.39 is 17.8 Å². The second kappa shape index (κ2) is 6.24. The first-order valence-electron chi connectivity index (χ1n) is 8.75. The molecule has 1 saturated heterocycles. The van der Waals surface area contributed by atoms with E-state index in [9.17, 15) is 14.7 Å². The number of likely N-dealkylation sites (tertiary alicyclic amines) is 1. The molecule has 25 heavy (non-hydrogen) atoms. The standard InChI is InChI=1S/C19H26N2O4/c1-18(2,3)25-16(22)20-15-14-7-5-4-6-13(14)12-19(15)8-10-21(11-9-19)17(23)24/h4-7,15H,8-12H2,1-3H3,(H,20,22)(H,23,24)/t15-/m1/s1. The Hall–Kier alpha value is -2.24. The van der Waals surface area contributed by atoms with Gasteiger partial charge in [-0.25, -0.2) is 9.59 Å². The minimum atomic E-state index is -0.873. The van der Waals surface area contributed by atoms with Crippen LogP contribution in [0, 0.1) is 5.41 Å². The molecule has 6 nitrogen and oxygen atoms in total. The quantitative estimate of drug-likeness (QED) is 0.815. The van der Waals surface area contributed by atoms with Gasteiger partial charge in [0.05, 0.1) is 6.04 Å². The monoisotopic (exact) mass is 346 g/mol. The highest BCUT2D eigenvalue weighted by Crippen LogP contribution is 2.52. The van der Waals surface area contributed by atoms with E-state index in [4.69, 9.17) is 4.74 Å². The molecule has 136 valence electrons. The fourth-order valence-corrected chi connectivity index (χ4v) is 4.05. The summed E-state index contributed by atoms with van der Waals surface area (Å²) in [6.45, 7) is 6.52. The summed E-state index contributed by atoms with van der Waals surface area (Å²) < 4.78 is 5.45. The van der Waals surface area contributed by atoms with E-state index in [-0.39, 0.29) is 11.5 Å². The number of carbonyl (C=O) groups is 2. The molecule has 2 N–H and O–H groups in total. The highest BCUT2D eigenvalue weighted by atomic mass is 16.6. The Kier molecular flexibility index (Phi) is 4.39. The number of amides is 2. The molecule has 2 aliphatic rings. The van der Waals surface area contributed by atoms with Gasteiger partial charge in [0.2, 0.25) is 0 Å². The fourth-order valence-electron chi connectivity index (χ4n) is 4.05. The number of piperidine rings is 1. The van der Waals surface area contributed by atoms with Crippen LogP contribution in [0.5, 0.6) is 0 Å². The van der Waals surface area contributed by atoms with Crippen molar-refractivity contribution in [3.8, 4) is 0 Å². The van der Waals surface area contributed by atoms with Crippen LogP contribution in [0.3, 0.4) is 0 Å². The van der Waals surface area contributed by atoms with E-state index in [0.29, 0.717) is 13.1 Å². The second-order valence-electron chi connectivity index (χ2n) is 8.09. The maximum atomic E-state index is 12.4. The molecule has 1 heterocycles. The van der Waals surface area contributed by atoms with Crippen molar-refractivity contribution in [3.05, 3.63) is 35.4 Å². The van der Waals surface area contributed by atoms with Crippen LogP contribution >= 0.6 is 0 Å². The molecule has 0 saturated carbocycles. The van der Waals surface area contributed by atoms with Crippen LogP contribution < -0.4 is 5.32 Å². The summed E-state index contributed by atoms with van der Waals surface area (Å²) in [4.78, 5) is 25.1. The number of alkyl carbamates (subject to hydrolysis) is 1. The van der Waals surface area contributed by atoms with Gasteiger partial charge in [-0.15, -0.1) is 0 Å². The highest BCUT2D eigenvalue weighted by Gasteiger charge is 2.49. The molecule has 0 radical (unpaired) electrons. The molecule has 1 aromatic rings. The van der Waals surface area contributed by atoms with Gasteiger partial charge in [-0.3, -0.25) is 0 Å². The number of benzene rings is 1. The molecule has 1 spiro atoms. The van der Waals surface area contributed by atoms with Crippen molar-refractivity contribution >= 4 is 12.2 Å². The molecule has 2 amide bonds. The van der Waals surface area contributed by atoms with E-state index in [1.165, 1.54) is 10.5 Å². The number of carboxylic acid groups (broad SMARTS) is 1. The van der Waals surface area contributed by atoms with Gasteiger partial charge >= 0.3 is 12.2 Å². The predicted molar refractivity (Wildman–Crippen MR) is 93.5 cm³/mol. The van der Waals surface area contributed by atoms with Crippen LogP contribution in [-0.4, -0.2) is 40.9 Å². The van der Waals surface area contributed by atoms with Crippen LogP contribution in [0.2, 0.25) is 0 Å². The summed E-state index contributed by atoms with van der Waals surface area (Å²) in [6, 6.07) is 7.99. The third-order valence-electron chi connectivity index (χ3n) is 5.21. The van der Waals surface area contributed by atoms with Crippen molar-refractivity contribution in [2.45, 2.75) is 51.7 Å². The first kappa shape index (κ1) is 17.6. The first-order valence-corrected chi connectivity index (χ1v) is 8.75. The summed E-state index contributed by atoms with van der Waals surface area (Å²) in [6.07, 6.45) is 1.02. The number of rotatable bonds is 1. The molecule has 0 unspecified atom stereocenters. The summed E-state index contributed by atoms with van der Waals surface area (Å²) in [5, 5.41) is 12.3. The van der Waals surface area contributed by atoms with E-state index in [0.717, 1.165) is 24.8 Å². The first-order chi connectivity index (χ1) is 11.7. The number of fused-ring (bicyclic) bond motifs is 1. The molecule has 1 aromatic carbocycles. The van der Waals surface area contributed by atoms with Gasteiger partial charge in [0.1, 0.15) is 5.60 Å². The van der Waals surface area contributed by atoms with Gasteiger partial charge in [0, 0.05) is 18.5 Å². The molecule has 6 heteroatoms. The third kappa shape index (κ3) is 3.57. The van der Waals surface area contributed by atoms with Crippen molar-refractivity contribution in [1.29, 1.82) is 0 Å². The molecule has 1 fully saturated rings. The Balaban J connectivity index is 1.83. The summed E-state index contributed by atoms with van der Waals surface area (Å²) in [5.41, 5.74) is 1.65. The van der Waals surface area contributed by atoms with Gasteiger partial charge in [-0.05, 0) is 51.2 Å². The van der Waals surface area contributed by atoms with Crippen LogP contribution in [0.1, 0.15) is 50.8 Å². The zero-order valence-electron chi connectivity index (χ0n) is 15.0. The second-order valence-corrected chi connectivity index (χ2v) is 8.09. The van der Waals surface area contributed by atoms with E-state index in [2.05, 4.69) is 17.4 Å². The van der Waals surface area contributed by atoms with Crippen molar-refractivity contribution < 1.29 is 19.4 Å². The van der Waals surface area contributed by atoms with E-state index >= 15 is 0 Å². The molecule has 3 rings (SSSR count). The average molecular weight is 346 g/mol. The lowest BCUT2D eigenvalue weighted by atomic mass is 9.73. The number of nitrogens with one attached hydrogen (secondary N) is 1. The molecule has 1 aliphatic carbocycles. The Bertz CT molecular complexity index is 672. The summed E-state index contributed by atoms with van der Waals surface area (Å²) in [7, 11) is 0. The summed E-state index contributed by atoms with van der Waals surface area (Å²) in [5.74, 6) is 0. The normalized spacial score (nSPS) is 21.7. The lowest BCUT2D eigenvalue weighted by Gasteiger charge is -2.42. The molecule has 1 aliphatic heterocycles. The molecular formula is C19H26N2O4. The van der Waals surface area contributed by atoms with Gasteiger partial charge in [-0.1, -0.05) is 24.3 Å². The molecule has 1 atom stereocenters.